The highest BCUT2D eigenvalue weighted by atomic mass is 79.9. The SMILES string of the molecule is Cc1cc(NC2=NCC(c3ccccc3)S2)cc(C)c1Br. The summed E-state index contributed by atoms with van der Waals surface area (Å²) in [7, 11) is 0. The van der Waals surface area contributed by atoms with Crippen LogP contribution in [0.15, 0.2) is 51.9 Å². The molecule has 4 heteroatoms. The van der Waals surface area contributed by atoms with Crippen LogP contribution in [0, 0.1) is 13.8 Å². The van der Waals surface area contributed by atoms with Crippen molar-refractivity contribution < 1.29 is 0 Å². The van der Waals surface area contributed by atoms with Crippen LogP contribution in [0.5, 0.6) is 0 Å². The Hall–Kier alpha value is -1.26. The molecule has 2 aromatic rings. The fourth-order valence-electron chi connectivity index (χ4n) is 2.43. The maximum absolute atomic E-state index is 4.63. The highest BCUT2D eigenvalue weighted by molar-refractivity contribution is 9.10. The lowest BCUT2D eigenvalue weighted by Gasteiger charge is -2.11. The molecule has 1 heterocycles. The van der Waals surface area contributed by atoms with Crippen LogP contribution < -0.4 is 5.32 Å². The Balaban J connectivity index is 1.70. The number of rotatable bonds is 2. The minimum Gasteiger partial charge on any atom is -0.335 e. The number of aliphatic imine (C=N–C) groups is 1. The molecule has 0 aliphatic carbocycles. The average molecular weight is 361 g/mol. The van der Waals surface area contributed by atoms with Crippen LogP contribution in [-0.4, -0.2) is 11.7 Å². The zero-order valence-corrected chi connectivity index (χ0v) is 14.5. The Morgan fingerprint density at radius 2 is 1.81 bits per heavy atom. The average Bonchev–Trinajstić information content (AvgIpc) is 2.94. The Kier molecular flexibility index (Phi) is 4.36. The van der Waals surface area contributed by atoms with Gasteiger partial charge in [-0.15, -0.1) is 0 Å². The number of hydrogen-bond donors (Lipinski definition) is 1. The topological polar surface area (TPSA) is 24.4 Å². The van der Waals surface area contributed by atoms with E-state index in [0.717, 1.165) is 17.4 Å². The molecule has 1 unspecified atom stereocenters. The molecule has 108 valence electrons. The minimum atomic E-state index is 0.423. The summed E-state index contributed by atoms with van der Waals surface area (Å²) >= 11 is 5.40. The van der Waals surface area contributed by atoms with Crippen LogP contribution in [-0.2, 0) is 0 Å². The van der Waals surface area contributed by atoms with Crippen molar-refractivity contribution in [3.63, 3.8) is 0 Å². The van der Waals surface area contributed by atoms with Gasteiger partial charge in [-0.1, -0.05) is 58.0 Å². The first-order valence-electron chi connectivity index (χ1n) is 6.93. The van der Waals surface area contributed by atoms with Gasteiger partial charge in [-0.05, 0) is 42.7 Å². The fraction of sp³-hybridized carbons (Fsp3) is 0.235. The number of hydrogen-bond acceptors (Lipinski definition) is 3. The summed E-state index contributed by atoms with van der Waals surface area (Å²) in [6.07, 6.45) is 0. The fourth-order valence-corrected chi connectivity index (χ4v) is 3.69. The molecule has 0 spiro atoms. The second-order valence-corrected chi connectivity index (χ2v) is 7.20. The summed E-state index contributed by atoms with van der Waals surface area (Å²) < 4.78 is 1.18. The van der Waals surface area contributed by atoms with Crippen molar-refractivity contribution in [2.75, 3.05) is 11.9 Å². The van der Waals surface area contributed by atoms with Gasteiger partial charge in [0.1, 0.15) is 0 Å². The molecule has 2 aromatic carbocycles. The number of nitrogens with one attached hydrogen (secondary N) is 1. The Labute approximate surface area is 138 Å². The summed E-state index contributed by atoms with van der Waals surface area (Å²) in [5.41, 5.74) is 4.92. The maximum atomic E-state index is 4.63. The van der Waals surface area contributed by atoms with E-state index < -0.39 is 0 Å². The predicted octanol–water partition coefficient (Wildman–Crippen LogP) is 5.32. The van der Waals surface area contributed by atoms with Gasteiger partial charge in [0, 0.05) is 10.2 Å². The summed E-state index contributed by atoms with van der Waals surface area (Å²) in [6.45, 7) is 5.06. The minimum absolute atomic E-state index is 0.423. The molecule has 0 saturated carbocycles. The number of amidine groups is 1. The molecule has 1 atom stereocenters. The molecular formula is C17H17BrN2S. The van der Waals surface area contributed by atoms with Crippen LogP contribution in [0.4, 0.5) is 5.69 Å². The van der Waals surface area contributed by atoms with Crippen molar-refractivity contribution in [1.82, 2.24) is 0 Å². The van der Waals surface area contributed by atoms with Gasteiger partial charge in [-0.2, -0.15) is 0 Å². The second kappa shape index (κ2) is 6.24. The molecule has 0 fully saturated rings. The quantitative estimate of drug-likeness (QED) is 0.783. The van der Waals surface area contributed by atoms with Crippen molar-refractivity contribution in [3.05, 3.63) is 63.6 Å². The van der Waals surface area contributed by atoms with Crippen LogP contribution in [0.3, 0.4) is 0 Å². The number of nitrogens with zero attached hydrogens (tertiary/aromatic N) is 1. The summed E-state index contributed by atoms with van der Waals surface area (Å²) in [4.78, 5) is 4.63. The van der Waals surface area contributed by atoms with Crippen LogP contribution in [0.1, 0.15) is 21.9 Å². The van der Waals surface area contributed by atoms with Crippen LogP contribution >= 0.6 is 27.7 Å². The number of halogens is 1. The van der Waals surface area contributed by atoms with Gasteiger partial charge < -0.3 is 5.32 Å². The molecule has 21 heavy (non-hydrogen) atoms. The van der Waals surface area contributed by atoms with Crippen molar-refractivity contribution >= 4 is 38.5 Å². The van der Waals surface area contributed by atoms with Crippen molar-refractivity contribution in [2.45, 2.75) is 19.1 Å². The molecule has 0 bridgehead atoms. The third-order valence-corrected chi connectivity index (χ3v) is 5.92. The van der Waals surface area contributed by atoms with E-state index in [1.807, 2.05) is 0 Å². The molecule has 0 saturated heterocycles. The van der Waals surface area contributed by atoms with E-state index in [1.54, 1.807) is 11.8 Å². The molecule has 0 radical (unpaired) electrons. The number of thioether (sulfide) groups is 1. The first kappa shape index (κ1) is 14.7. The lowest BCUT2D eigenvalue weighted by atomic mass is 10.1. The molecule has 2 nitrogen and oxygen atoms in total. The van der Waals surface area contributed by atoms with E-state index in [0.29, 0.717) is 5.25 Å². The monoisotopic (exact) mass is 360 g/mol. The highest BCUT2D eigenvalue weighted by Gasteiger charge is 2.21. The summed E-state index contributed by atoms with van der Waals surface area (Å²) in [6, 6.07) is 14.9. The molecule has 0 amide bonds. The first-order valence-corrected chi connectivity index (χ1v) is 8.60. The van der Waals surface area contributed by atoms with Crippen molar-refractivity contribution in [2.24, 2.45) is 4.99 Å². The Morgan fingerprint density at radius 3 is 2.48 bits per heavy atom. The lowest BCUT2D eigenvalue weighted by molar-refractivity contribution is 0.966. The number of anilines is 1. The van der Waals surface area contributed by atoms with E-state index >= 15 is 0 Å². The third kappa shape index (κ3) is 3.33. The molecule has 3 rings (SSSR count). The largest absolute Gasteiger partial charge is 0.335 e. The van der Waals surface area contributed by atoms with Gasteiger partial charge in [0.25, 0.3) is 0 Å². The highest BCUT2D eigenvalue weighted by Crippen LogP contribution is 2.35. The van der Waals surface area contributed by atoms with E-state index in [4.69, 9.17) is 0 Å². The van der Waals surface area contributed by atoms with Gasteiger partial charge >= 0.3 is 0 Å². The second-order valence-electron chi connectivity index (χ2n) is 5.21. The maximum Gasteiger partial charge on any atom is 0.161 e. The van der Waals surface area contributed by atoms with Crippen molar-refractivity contribution in [3.8, 4) is 0 Å². The predicted molar refractivity (Wildman–Crippen MR) is 96.3 cm³/mol. The van der Waals surface area contributed by atoms with Gasteiger partial charge in [-0.3, -0.25) is 4.99 Å². The zero-order chi connectivity index (χ0) is 14.8. The molecule has 1 aliphatic rings. The van der Waals surface area contributed by atoms with Crippen LogP contribution in [0.25, 0.3) is 0 Å². The van der Waals surface area contributed by atoms with Gasteiger partial charge in [0.15, 0.2) is 5.17 Å². The first-order chi connectivity index (χ1) is 10.1. The molecule has 1 N–H and O–H groups in total. The van der Waals surface area contributed by atoms with Gasteiger partial charge in [-0.25, -0.2) is 0 Å². The molecule has 0 aromatic heterocycles. The van der Waals surface area contributed by atoms with E-state index in [-0.39, 0.29) is 0 Å². The Bertz CT molecular complexity index is 659. The van der Waals surface area contributed by atoms with Crippen molar-refractivity contribution in [1.29, 1.82) is 0 Å². The smallest absolute Gasteiger partial charge is 0.161 e. The molecular weight excluding hydrogens is 344 g/mol. The Morgan fingerprint density at radius 1 is 1.14 bits per heavy atom. The number of benzene rings is 2. The third-order valence-electron chi connectivity index (χ3n) is 3.51. The van der Waals surface area contributed by atoms with Gasteiger partial charge in [0.2, 0.25) is 0 Å². The normalized spacial score (nSPS) is 17.7. The van der Waals surface area contributed by atoms with E-state index in [9.17, 15) is 0 Å². The van der Waals surface area contributed by atoms with Crippen LogP contribution in [0.2, 0.25) is 0 Å². The zero-order valence-electron chi connectivity index (χ0n) is 12.1. The van der Waals surface area contributed by atoms with Gasteiger partial charge in [0.05, 0.1) is 11.8 Å². The summed E-state index contributed by atoms with van der Waals surface area (Å²) in [5.74, 6) is 0. The standard InChI is InChI=1S/C17H17BrN2S/c1-11-8-14(9-12(2)16(11)18)20-17-19-10-15(21-17)13-6-4-3-5-7-13/h3-9,15H,10H2,1-2H3,(H,19,20). The number of aryl methyl sites for hydroxylation is 2. The molecule has 1 aliphatic heterocycles. The van der Waals surface area contributed by atoms with E-state index in [1.165, 1.54) is 21.2 Å². The lowest BCUT2D eigenvalue weighted by Crippen LogP contribution is -2.06. The summed E-state index contributed by atoms with van der Waals surface area (Å²) in [5, 5.41) is 4.87. The van der Waals surface area contributed by atoms with E-state index in [2.05, 4.69) is 82.6 Å².